The zero-order valence-corrected chi connectivity index (χ0v) is 11.3. The fourth-order valence-corrected chi connectivity index (χ4v) is 1.93. The Morgan fingerprint density at radius 3 is 2.71 bits per heavy atom. The van der Waals surface area contributed by atoms with Crippen LogP contribution in [0.5, 0.6) is 0 Å². The third kappa shape index (κ3) is 3.14. The maximum absolute atomic E-state index is 12.2. The monoisotopic (exact) mass is 286 g/mol. The van der Waals surface area contributed by atoms with Crippen LogP contribution in [0.2, 0.25) is 0 Å². The number of aromatic nitrogens is 1. The fraction of sp³-hybridized carbons (Fsp3) is 0.143. The maximum Gasteiger partial charge on any atom is 0.304 e. The number of para-hydroxylation sites is 1. The zero-order valence-electron chi connectivity index (χ0n) is 11.3. The molecule has 21 heavy (non-hydrogen) atoms. The number of carbonyl (C=O) groups is 1. The molecule has 0 aliphatic rings. The molecule has 1 aromatic heterocycles. The van der Waals surface area contributed by atoms with Gasteiger partial charge in [0.2, 0.25) is 0 Å². The SMILES string of the molecule is CC(NC(=O)c1cccc(N)c1[N+](=O)[O-])c1ccccn1. The molecule has 0 aliphatic carbocycles. The van der Waals surface area contributed by atoms with Crippen LogP contribution in [0.15, 0.2) is 42.6 Å². The van der Waals surface area contributed by atoms with E-state index in [0.29, 0.717) is 5.69 Å². The number of hydrogen-bond donors (Lipinski definition) is 2. The van der Waals surface area contributed by atoms with Gasteiger partial charge in [0.25, 0.3) is 5.91 Å². The molecule has 0 bridgehead atoms. The number of hydrogen-bond acceptors (Lipinski definition) is 5. The van der Waals surface area contributed by atoms with Crippen LogP contribution in [0.1, 0.15) is 29.0 Å². The molecule has 0 aliphatic heterocycles. The smallest absolute Gasteiger partial charge is 0.304 e. The number of nitrogens with one attached hydrogen (secondary N) is 1. The predicted octanol–water partition coefficient (Wildman–Crippen LogP) is 2.06. The minimum atomic E-state index is -0.657. The summed E-state index contributed by atoms with van der Waals surface area (Å²) in [5, 5.41) is 13.7. The first-order valence-corrected chi connectivity index (χ1v) is 6.25. The minimum absolute atomic E-state index is 0.0434. The van der Waals surface area contributed by atoms with Crippen molar-refractivity contribution in [3.63, 3.8) is 0 Å². The minimum Gasteiger partial charge on any atom is -0.393 e. The zero-order chi connectivity index (χ0) is 15.4. The summed E-state index contributed by atoms with van der Waals surface area (Å²) >= 11 is 0. The molecule has 3 N–H and O–H groups in total. The van der Waals surface area contributed by atoms with Crippen molar-refractivity contribution in [3.8, 4) is 0 Å². The van der Waals surface area contributed by atoms with Crippen LogP contribution in [0.3, 0.4) is 0 Å². The summed E-state index contributed by atoms with van der Waals surface area (Å²) in [4.78, 5) is 26.7. The van der Waals surface area contributed by atoms with Crippen LogP contribution in [0.4, 0.5) is 11.4 Å². The van der Waals surface area contributed by atoms with E-state index in [9.17, 15) is 14.9 Å². The van der Waals surface area contributed by atoms with Gasteiger partial charge >= 0.3 is 5.69 Å². The number of anilines is 1. The molecule has 0 spiro atoms. The highest BCUT2D eigenvalue weighted by Crippen LogP contribution is 2.26. The number of rotatable bonds is 4. The van der Waals surface area contributed by atoms with E-state index in [1.807, 2.05) is 0 Å². The molecule has 1 aromatic carbocycles. The van der Waals surface area contributed by atoms with Crippen molar-refractivity contribution in [1.29, 1.82) is 0 Å². The highest BCUT2D eigenvalue weighted by molar-refractivity contribution is 6.00. The average molecular weight is 286 g/mol. The van der Waals surface area contributed by atoms with E-state index < -0.39 is 10.8 Å². The molecule has 0 saturated heterocycles. The fourth-order valence-electron chi connectivity index (χ4n) is 1.93. The van der Waals surface area contributed by atoms with Gasteiger partial charge in [0.15, 0.2) is 0 Å². The van der Waals surface area contributed by atoms with E-state index in [1.54, 1.807) is 31.3 Å². The summed E-state index contributed by atoms with van der Waals surface area (Å²) in [5.74, 6) is -0.563. The summed E-state index contributed by atoms with van der Waals surface area (Å²) in [6.07, 6.45) is 1.61. The third-order valence-corrected chi connectivity index (χ3v) is 2.97. The van der Waals surface area contributed by atoms with Gasteiger partial charge in [-0.25, -0.2) is 0 Å². The standard InChI is InChI=1S/C14H14N4O3/c1-9(12-7-2-3-8-16-12)17-14(19)10-5-4-6-11(15)13(10)18(20)21/h2-9H,15H2,1H3,(H,17,19). The Balaban J connectivity index is 2.26. The van der Waals surface area contributed by atoms with Crippen LogP contribution in [-0.2, 0) is 0 Å². The van der Waals surface area contributed by atoms with Gasteiger partial charge < -0.3 is 11.1 Å². The van der Waals surface area contributed by atoms with E-state index in [0.717, 1.165) is 0 Å². The lowest BCUT2D eigenvalue weighted by Gasteiger charge is -2.13. The first-order chi connectivity index (χ1) is 10.0. The Hall–Kier alpha value is -2.96. The second-order valence-electron chi connectivity index (χ2n) is 4.45. The van der Waals surface area contributed by atoms with Crippen molar-refractivity contribution in [2.45, 2.75) is 13.0 Å². The Labute approximate surface area is 121 Å². The third-order valence-electron chi connectivity index (χ3n) is 2.97. The van der Waals surface area contributed by atoms with Crippen molar-refractivity contribution >= 4 is 17.3 Å². The molecule has 2 rings (SSSR count). The van der Waals surface area contributed by atoms with Gasteiger partial charge in [-0.2, -0.15) is 0 Å². The van der Waals surface area contributed by atoms with E-state index in [-0.39, 0.29) is 23.0 Å². The number of nitro benzene ring substituents is 1. The predicted molar refractivity (Wildman–Crippen MR) is 77.6 cm³/mol. The normalized spacial score (nSPS) is 11.7. The highest BCUT2D eigenvalue weighted by atomic mass is 16.6. The molecule has 1 amide bonds. The molecule has 7 nitrogen and oxygen atoms in total. The lowest BCUT2D eigenvalue weighted by atomic mass is 10.1. The van der Waals surface area contributed by atoms with Crippen molar-refractivity contribution in [3.05, 3.63) is 64.0 Å². The van der Waals surface area contributed by atoms with E-state index in [4.69, 9.17) is 5.73 Å². The summed E-state index contributed by atoms with van der Waals surface area (Å²) in [6, 6.07) is 9.21. The summed E-state index contributed by atoms with van der Waals surface area (Å²) in [6.45, 7) is 1.75. The molecule has 0 fully saturated rings. The maximum atomic E-state index is 12.2. The Kier molecular flexibility index (Phi) is 4.13. The summed E-state index contributed by atoms with van der Waals surface area (Å²) in [5.41, 5.74) is 5.74. The number of carbonyl (C=O) groups excluding carboxylic acids is 1. The van der Waals surface area contributed by atoms with Gasteiger partial charge in [0, 0.05) is 6.20 Å². The van der Waals surface area contributed by atoms with Crippen LogP contribution in [0.25, 0.3) is 0 Å². The van der Waals surface area contributed by atoms with Crippen LogP contribution in [0, 0.1) is 10.1 Å². The van der Waals surface area contributed by atoms with Crippen molar-refractivity contribution < 1.29 is 9.72 Å². The molecule has 7 heteroatoms. The van der Waals surface area contributed by atoms with Gasteiger partial charge in [-0.1, -0.05) is 12.1 Å². The average Bonchev–Trinajstić information content (AvgIpc) is 2.47. The first-order valence-electron chi connectivity index (χ1n) is 6.25. The van der Waals surface area contributed by atoms with E-state index >= 15 is 0 Å². The molecule has 1 unspecified atom stereocenters. The molecule has 0 radical (unpaired) electrons. The lowest BCUT2D eigenvalue weighted by Crippen LogP contribution is -2.28. The molecule has 1 atom stereocenters. The van der Waals surface area contributed by atoms with Gasteiger partial charge in [0.05, 0.1) is 16.7 Å². The number of nitrogens with zero attached hydrogens (tertiary/aromatic N) is 2. The number of benzene rings is 1. The van der Waals surface area contributed by atoms with Crippen LogP contribution >= 0.6 is 0 Å². The van der Waals surface area contributed by atoms with Crippen LogP contribution < -0.4 is 11.1 Å². The Morgan fingerprint density at radius 1 is 1.33 bits per heavy atom. The number of nitrogen functional groups attached to an aromatic ring is 1. The molecule has 0 saturated carbocycles. The van der Waals surface area contributed by atoms with Crippen molar-refractivity contribution in [2.24, 2.45) is 0 Å². The quantitative estimate of drug-likeness (QED) is 0.507. The molecule has 2 aromatic rings. The first kappa shape index (κ1) is 14.4. The topological polar surface area (TPSA) is 111 Å². The number of amides is 1. The van der Waals surface area contributed by atoms with Gasteiger partial charge in [0.1, 0.15) is 11.3 Å². The van der Waals surface area contributed by atoms with Gasteiger partial charge in [-0.3, -0.25) is 19.9 Å². The Bertz CT molecular complexity index is 673. The second-order valence-corrected chi connectivity index (χ2v) is 4.45. The largest absolute Gasteiger partial charge is 0.393 e. The Morgan fingerprint density at radius 2 is 2.10 bits per heavy atom. The van der Waals surface area contributed by atoms with Crippen molar-refractivity contribution in [2.75, 3.05) is 5.73 Å². The highest BCUT2D eigenvalue weighted by Gasteiger charge is 2.24. The number of nitro groups is 1. The number of nitrogens with two attached hydrogens (primary N) is 1. The second kappa shape index (κ2) is 6.00. The van der Waals surface area contributed by atoms with E-state index in [1.165, 1.54) is 18.2 Å². The molecule has 1 heterocycles. The summed E-state index contributed by atoms with van der Waals surface area (Å²) < 4.78 is 0. The number of pyridine rings is 1. The molecular formula is C14H14N4O3. The van der Waals surface area contributed by atoms with E-state index in [2.05, 4.69) is 10.3 Å². The molecule has 108 valence electrons. The van der Waals surface area contributed by atoms with Gasteiger partial charge in [-0.15, -0.1) is 0 Å². The van der Waals surface area contributed by atoms with Crippen LogP contribution in [-0.4, -0.2) is 15.8 Å². The molecular weight excluding hydrogens is 272 g/mol. The lowest BCUT2D eigenvalue weighted by molar-refractivity contribution is -0.384. The van der Waals surface area contributed by atoms with Crippen molar-refractivity contribution in [1.82, 2.24) is 10.3 Å². The van der Waals surface area contributed by atoms with Gasteiger partial charge in [-0.05, 0) is 31.2 Å². The summed E-state index contributed by atoms with van der Waals surface area (Å²) in [7, 11) is 0.